The van der Waals surface area contributed by atoms with Crippen molar-refractivity contribution in [3.63, 3.8) is 0 Å². The number of carboxylic acids is 1. The molecule has 9 unspecified atom stereocenters. The summed E-state index contributed by atoms with van der Waals surface area (Å²) in [4.78, 5) is 57.6. The van der Waals surface area contributed by atoms with Crippen LogP contribution in [0.1, 0.15) is 94.8 Å². The molecule has 2 saturated carbocycles. The van der Waals surface area contributed by atoms with E-state index in [0.29, 0.717) is 63.5 Å². The Balaban J connectivity index is 0.992. The number of carboxylic acid groups (broad SMARTS) is 1. The first-order valence-electron chi connectivity index (χ1n) is 29.3. The molecule has 2 aliphatic heterocycles. The molecule has 0 radical (unpaired) electrons. The molecule has 4 aliphatic rings. The summed E-state index contributed by atoms with van der Waals surface area (Å²) < 4.78 is 50.3. The number of anilines is 1. The number of fused-ring (bicyclic) bond motifs is 1. The number of hydrazine groups is 1. The minimum absolute atomic E-state index is 0.0210. The second kappa shape index (κ2) is 32.9. The van der Waals surface area contributed by atoms with Crippen LogP contribution in [0.5, 0.6) is 0 Å². The number of nitrogens with one attached hydrogen (secondary N) is 2. The number of benzene rings is 2. The lowest BCUT2D eigenvalue weighted by Gasteiger charge is -2.48. The molecule has 4 fully saturated rings. The van der Waals surface area contributed by atoms with Gasteiger partial charge in [0.1, 0.15) is 43.2 Å². The zero-order chi connectivity index (χ0) is 60.3. The summed E-state index contributed by atoms with van der Waals surface area (Å²) in [7, 11) is 0. The van der Waals surface area contributed by atoms with Crippen LogP contribution in [0.3, 0.4) is 0 Å². The highest BCUT2D eigenvalue weighted by molar-refractivity contribution is 5.94. The smallest absolute Gasteiger partial charge is 0.338 e. The number of esters is 1. The molecule has 1 aromatic heterocycles. The molecule has 466 valence electrons. The summed E-state index contributed by atoms with van der Waals surface area (Å²) >= 11 is 0. The van der Waals surface area contributed by atoms with Crippen molar-refractivity contribution in [2.45, 2.75) is 171 Å². The number of hydrogen-bond donors (Lipinski definition) is 10. The van der Waals surface area contributed by atoms with Gasteiger partial charge in [-0.25, -0.2) is 15.4 Å². The minimum Gasteiger partial charge on any atom is -0.479 e. The van der Waals surface area contributed by atoms with Gasteiger partial charge in [-0.3, -0.25) is 14.6 Å². The maximum Gasteiger partial charge on any atom is 0.338 e. The summed E-state index contributed by atoms with van der Waals surface area (Å²) in [6.45, 7) is 9.03. The van der Waals surface area contributed by atoms with Crippen molar-refractivity contribution in [2.75, 3.05) is 58.0 Å². The molecule has 2 saturated heterocycles. The van der Waals surface area contributed by atoms with E-state index in [1.807, 2.05) is 30.5 Å². The molecular weight excluding hydrogens is 1090 g/mol. The highest BCUT2D eigenvalue weighted by Gasteiger charge is 2.54. The second-order valence-corrected chi connectivity index (χ2v) is 22.3. The van der Waals surface area contributed by atoms with Crippen LogP contribution < -0.4 is 22.2 Å². The van der Waals surface area contributed by atoms with E-state index in [4.69, 9.17) is 49.5 Å². The van der Waals surface area contributed by atoms with Crippen LogP contribution in [-0.4, -0.2) is 203 Å². The predicted molar refractivity (Wildman–Crippen MR) is 306 cm³/mol. The van der Waals surface area contributed by atoms with Gasteiger partial charge in [0, 0.05) is 61.1 Å². The third-order valence-electron chi connectivity index (χ3n) is 16.0. The number of ether oxygens (including phenoxy) is 8. The molecule has 84 heavy (non-hydrogen) atoms. The lowest BCUT2D eigenvalue weighted by Crippen LogP contribution is -2.64. The molecule has 7 rings (SSSR count). The number of nitrogens with two attached hydrogens (primary N) is 2. The maximum atomic E-state index is 14.2. The number of aryl methyl sites for hydroxylation is 1. The molecular formula is C59H87N7O18. The Morgan fingerprint density at radius 3 is 2.37 bits per heavy atom. The number of rotatable bonds is 31. The molecule has 25 heteroatoms. The van der Waals surface area contributed by atoms with Crippen LogP contribution >= 0.6 is 0 Å². The van der Waals surface area contributed by atoms with Crippen molar-refractivity contribution in [1.29, 1.82) is 0 Å². The number of aliphatic hydroxyl groups is 5. The first-order valence-corrected chi connectivity index (χ1v) is 29.3. The number of aliphatic imine (C=N–C) groups is 1. The van der Waals surface area contributed by atoms with Crippen molar-refractivity contribution < 1.29 is 87.7 Å². The maximum absolute atomic E-state index is 14.2. The van der Waals surface area contributed by atoms with Crippen LogP contribution in [0, 0.1) is 17.8 Å². The van der Waals surface area contributed by atoms with E-state index in [9.17, 15) is 49.8 Å². The Morgan fingerprint density at radius 1 is 0.881 bits per heavy atom. The van der Waals surface area contributed by atoms with Crippen LogP contribution in [0.25, 0.3) is 10.9 Å². The van der Waals surface area contributed by atoms with Gasteiger partial charge >= 0.3 is 11.9 Å². The van der Waals surface area contributed by atoms with Crippen LogP contribution in [-0.2, 0) is 58.8 Å². The molecule has 2 aromatic carbocycles. The normalized spacial score (nSPS) is 29.0. The number of aromatic nitrogens is 1. The predicted octanol–water partition coefficient (Wildman–Crippen LogP) is 2.33. The zero-order valence-corrected chi connectivity index (χ0v) is 48.0. The van der Waals surface area contributed by atoms with Crippen molar-refractivity contribution in [1.82, 2.24) is 14.9 Å². The monoisotopic (exact) mass is 1180 g/mol. The summed E-state index contributed by atoms with van der Waals surface area (Å²) in [5, 5.41) is 73.6. The molecule has 15 atom stereocenters. The first kappa shape index (κ1) is 66.0. The number of hydrogen-bond acceptors (Lipinski definition) is 21. The van der Waals surface area contributed by atoms with E-state index in [0.717, 1.165) is 43.0 Å². The average molecular weight is 1180 g/mol. The minimum atomic E-state index is -1.71. The summed E-state index contributed by atoms with van der Waals surface area (Å²) in [5.74, 6) is 2.39. The first-order chi connectivity index (χ1) is 40.5. The number of amides is 2. The standard InChI is InChI=1S/C59H87N7O18/c1-35-28-40(55(73)63-21-10-16-42(62-3)32-66(61)23-11-22-65-24-19-39-30-41(17-18-43(39)65)64-47(68)34-78-27-26-77-25-20-60)31-44(52(35)84-58-51(72)50(71)48(69)36(2)79-58)81-59-54(83-57(76)38-14-8-5-9-15-38)53(49(70)46(33-67)82-59)80-45(56(74)75)29-37-12-6-4-7-13-37/h5,8-9,14-15,17-19,24,30,32,35-37,40,44-46,48-54,58-59,67,69-72H,3-4,6-7,10-13,16,20-23,25-29,31,33-34,60-61H2,1-2H3,(H,63,73)(H,64,68)(H,74,75)/b42-32-/t35?,36?,40?,44-,45+,46?,48-,49+,50?,51?,52?,53?,54?,58+,59-/m1/s1. The van der Waals surface area contributed by atoms with Crippen molar-refractivity contribution in [3.8, 4) is 0 Å². The summed E-state index contributed by atoms with van der Waals surface area (Å²) in [6.07, 6.45) is -8.90. The average Bonchev–Trinajstić information content (AvgIpc) is 4.04. The van der Waals surface area contributed by atoms with Crippen molar-refractivity contribution in [2.24, 2.45) is 34.3 Å². The second-order valence-electron chi connectivity index (χ2n) is 22.3. The van der Waals surface area contributed by atoms with E-state index < -0.39 is 110 Å². The molecule has 0 bridgehead atoms. The number of carbonyl (C=O) groups is 4. The van der Waals surface area contributed by atoms with E-state index in [1.54, 1.807) is 36.3 Å². The molecule has 3 heterocycles. The van der Waals surface area contributed by atoms with Crippen LogP contribution in [0.15, 0.2) is 77.7 Å². The molecule has 0 spiro atoms. The van der Waals surface area contributed by atoms with E-state index in [-0.39, 0.29) is 62.3 Å². The number of carbonyl (C=O) groups excluding carboxylic acids is 3. The number of aliphatic carboxylic acids is 1. The fourth-order valence-electron chi connectivity index (χ4n) is 11.4. The Morgan fingerprint density at radius 2 is 1.64 bits per heavy atom. The lowest BCUT2D eigenvalue weighted by molar-refractivity contribution is -0.349. The number of allylic oxidation sites excluding steroid dienone is 1. The van der Waals surface area contributed by atoms with E-state index in [2.05, 4.69) is 26.9 Å². The number of nitrogens with zero attached hydrogens (tertiary/aromatic N) is 3. The Labute approximate surface area is 489 Å². The van der Waals surface area contributed by atoms with Crippen molar-refractivity contribution >= 4 is 47.1 Å². The Kier molecular flexibility index (Phi) is 25.8. The molecule has 12 N–H and O–H groups in total. The third kappa shape index (κ3) is 18.5. The van der Waals surface area contributed by atoms with E-state index >= 15 is 0 Å². The van der Waals surface area contributed by atoms with Gasteiger partial charge in [-0.1, -0.05) is 57.2 Å². The summed E-state index contributed by atoms with van der Waals surface area (Å²) in [6, 6.07) is 15.6. The van der Waals surface area contributed by atoms with E-state index in [1.165, 1.54) is 19.1 Å². The fourth-order valence-corrected chi connectivity index (χ4v) is 11.4. The molecule has 2 amide bonds. The molecule has 3 aromatic rings. The number of aliphatic hydroxyl groups excluding tert-OH is 5. The van der Waals surface area contributed by atoms with Gasteiger partial charge in [0.15, 0.2) is 24.8 Å². The quantitative estimate of drug-likeness (QED) is 0.0145. The molecule has 2 aliphatic carbocycles. The molecule has 25 nitrogen and oxygen atoms in total. The van der Waals surface area contributed by atoms with Crippen molar-refractivity contribution in [3.05, 3.63) is 78.3 Å². The largest absolute Gasteiger partial charge is 0.479 e. The van der Waals surface area contributed by atoms with Gasteiger partial charge in [-0.15, -0.1) is 0 Å². The lowest BCUT2D eigenvalue weighted by atomic mass is 9.77. The van der Waals surface area contributed by atoms with Crippen LogP contribution in [0.2, 0.25) is 0 Å². The van der Waals surface area contributed by atoms with Gasteiger partial charge in [-0.05, 0) is 100 Å². The topological polar surface area (TPSA) is 360 Å². The third-order valence-corrected chi connectivity index (χ3v) is 16.0. The SMILES string of the molecule is C=N/C(=C\N(N)CCCn1ccc2cc(NC(=O)COCCOCCN)ccc21)CCCNC(=O)C1CC(C)C(O[C@@H]2OC(C)[C@@H](O)C(O)C2O)[C@H](O[C@@H]2OC(CO)[C@H](O)C(O[C@@H](CC3CCCCC3)C(=O)O)C2OC(=O)c2ccccc2)C1. The van der Waals surface area contributed by atoms with Gasteiger partial charge in [0.2, 0.25) is 11.8 Å². The highest BCUT2D eigenvalue weighted by atomic mass is 16.7. The van der Waals surface area contributed by atoms with Gasteiger partial charge < -0.3 is 94.5 Å². The Bertz CT molecular complexity index is 2590. The van der Waals surface area contributed by atoms with Gasteiger partial charge in [0.05, 0.1) is 56.0 Å². The van der Waals surface area contributed by atoms with Crippen LogP contribution in [0.4, 0.5) is 5.69 Å². The van der Waals surface area contributed by atoms with Gasteiger partial charge in [-0.2, -0.15) is 0 Å². The highest BCUT2D eigenvalue weighted by Crippen LogP contribution is 2.40. The zero-order valence-electron chi connectivity index (χ0n) is 48.0. The Hall–Kier alpha value is -5.49. The van der Waals surface area contributed by atoms with Gasteiger partial charge in [0.25, 0.3) is 0 Å². The summed E-state index contributed by atoms with van der Waals surface area (Å²) in [5.41, 5.74) is 7.76. The fraction of sp³-hybridized carbons (Fsp3) is 0.644.